The summed E-state index contributed by atoms with van der Waals surface area (Å²) in [7, 11) is 0. The van der Waals surface area contributed by atoms with E-state index in [2.05, 4.69) is 20.8 Å². The molecule has 0 fully saturated rings. The standard InChI is InChI=1S/C48H57F2N7O13/c1-27(20-37(59)28(2)52-39(61)12-9-13-43(65)70-57-40(62)16-17-41(57)63)45(66)54-35(23-38(51)60)46(67)53-34(47(68)69)18-19-56(42(64)26-58)44(48(3,4)5)36-21-30(32-22-31(49)14-15-33(32)50)25-55(36)24-29-10-7-6-8-11-29/h6-8,10-11,14-17,21-22,25,27-28,34-35,44,58H,9,12-13,18-20,23-24,26H2,1-5H3,(H2,51,60)(H,52,61)(H,53,67)(H,54,66)(H,68,69)/t27-,28+,34+,35+,44+/m1/s1. The Morgan fingerprint density at radius 1 is 0.843 bits per heavy atom. The molecule has 20 nitrogen and oxygen atoms in total. The van der Waals surface area contributed by atoms with Gasteiger partial charge in [-0.1, -0.05) is 63.1 Å². The second kappa shape index (κ2) is 24.6. The predicted octanol–water partition coefficient (Wildman–Crippen LogP) is 2.36. The van der Waals surface area contributed by atoms with Crippen molar-refractivity contribution < 1.29 is 71.8 Å². The SMILES string of the molecule is C[C@H](CC(=O)[C@H](C)NC(=O)CCCC(=O)ON1C(=O)C=CC1=O)C(=O)N[C@@H](CC(N)=O)C(=O)N[C@@H](CCN(C(=O)CO)[C@@H](c1cc(-c2cc(F)ccc2F)cn1Cc1ccccc1)C(C)(C)C)C(=O)O. The molecule has 70 heavy (non-hydrogen) atoms. The summed E-state index contributed by atoms with van der Waals surface area (Å²) in [6.45, 7) is 6.83. The van der Waals surface area contributed by atoms with E-state index in [4.69, 9.17) is 5.73 Å². The summed E-state index contributed by atoms with van der Waals surface area (Å²) in [6, 6.07) is 8.13. The molecule has 1 aliphatic heterocycles. The van der Waals surface area contributed by atoms with Crippen molar-refractivity contribution in [1.82, 2.24) is 30.5 Å². The van der Waals surface area contributed by atoms with Crippen molar-refractivity contribution in [3.05, 3.63) is 95.8 Å². The van der Waals surface area contributed by atoms with E-state index in [-0.39, 0.29) is 42.0 Å². The number of hydrogen-bond acceptors (Lipinski definition) is 12. The molecule has 5 atom stereocenters. The highest BCUT2D eigenvalue weighted by Gasteiger charge is 2.39. The number of hydrogen-bond donors (Lipinski definition) is 6. The van der Waals surface area contributed by atoms with Crippen LogP contribution in [0.1, 0.15) is 90.4 Å². The Balaban J connectivity index is 1.45. The quantitative estimate of drug-likeness (QED) is 0.0666. The van der Waals surface area contributed by atoms with E-state index < -0.39 is 139 Å². The highest BCUT2D eigenvalue weighted by atomic mass is 19.1. The zero-order chi connectivity index (χ0) is 52.0. The lowest BCUT2D eigenvalue weighted by Crippen LogP contribution is -2.54. The molecule has 0 radical (unpaired) electrons. The van der Waals surface area contributed by atoms with E-state index in [0.717, 1.165) is 35.9 Å². The average Bonchev–Trinajstić information content (AvgIpc) is 3.84. The molecule has 3 aromatic rings. The van der Waals surface area contributed by atoms with Crippen molar-refractivity contribution in [1.29, 1.82) is 0 Å². The van der Waals surface area contributed by atoms with Gasteiger partial charge in [-0.2, -0.15) is 0 Å². The van der Waals surface area contributed by atoms with Gasteiger partial charge in [-0.15, -0.1) is 0 Å². The Kier molecular flexibility index (Phi) is 19.3. The fourth-order valence-corrected chi connectivity index (χ4v) is 7.61. The number of amides is 7. The summed E-state index contributed by atoms with van der Waals surface area (Å²) in [5.74, 6) is -12.0. The molecule has 0 bridgehead atoms. The number of carbonyl (C=O) groups is 10. The molecular formula is C48H57F2N7O13. The van der Waals surface area contributed by atoms with Crippen molar-refractivity contribution in [3.8, 4) is 11.1 Å². The van der Waals surface area contributed by atoms with Crippen LogP contribution in [-0.2, 0) is 59.3 Å². The first-order valence-corrected chi connectivity index (χ1v) is 22.2. The minimum absolute atomic E-state index is 0.0593. The Hall–Kier alpha value is -7.62. The van der Waals surface area contributed by atoms with E-state index in [9.17, 15) is 62.5 Å². The number of hydroxylamine groups is 2. The zero-order valence-corrected chi connectivity index (χ0v) is 39.2. The lowest BCUT2D eigenvalue weighted by atomic mass is 9.82. The lowest BCUT2D eigenvalue weighted by molar-refractivity contribution is -0.196. The van der Waals surface area contributed by atoms with Crippen LogP contribution in [0, 0.1) is 23.0 Å². The van der Waals surface area contributed by atoms with Crippen molar-refractivity contribution in [2.45, 2.75) is 104 Å². The molecular weight excluding hydrogens is 921 g/mol. The summed E-state index contributed by atoms with van der Waals surface area (Å²) in [6.07, 6.45) is 1.05. The van der Waals surface area contributed by atoms with Crippen LogP contribution >= 0.6 is 0 Å². The number of nitrogens with zero attached hydrogens (tertiary/aromatic N) is 3. The van der Waals surface area contributed by atoms with Gasteiger partial charge >= 0.3 is 11.9 Å². The number of aliphatic hydroxyl groups excluding tert-OH is 1. The number of nitrogens with one attached hydrogen (secondary N) is 3. The van der Waals surface area contributed by atoms with Crippen LogP contribution in [0.3, 0.4) is 0 Å². The van der Waals surface area contributed by atoms with Crippen molar-refractivity contribution >= 4 is 59.1 Å². The molecule has 0 unspecified atom stereocenters. The number of carbonyl (C=O) groups excluding carboxylic acids is 9. The highest BCUT2D eigenvalue weighted by Crippen LogP contribution is 2.41. The minimum Gasteiger partial charge on any atom is -0.480 e. The van der Waals surface area contributed by atoms with Gasteiger partial charge in [-0.05, 0) is 55.0 Å². The number of ketones is 1. The van der Waals surface area contributed by atoms with Crippen LogP contribution in [0.25, 0.3) is 11.1 Å². The van der Waals surface area contributed by atoms with Gasteiger partial charge in [-0.3, -0.25) is 38.4 Å². The smallest absolute Gasteiger partial charge is 0.333 e. The topological polar surface area (TPSA) is 294 Å². The first-order chi connectivity index (χ1) is 32.9. The van der Waals surface area contributed by atoms with Crippen LogP contribution in [0.4, 0.5) is 8.78 Å². The molecule has 0 spiro atoms. The number of benzene rings is 2. The lowest BCUT2D eigenvalue weighted by Gasteiger charge is -2.41. The predicted molar refractivity (Wildman–Crippen MR) is 244 cm³/mol. The number of aliphatic carboxylic acids is 1. The second-order valence-electron chi connectivity index (χ2n) is 17.8. The van der Waals surface area contributed by atoms with Crippen LogP contribution in [0.15, 0.2) is 72.9 Å². The minimum atomic E-state index is -1.76. The second-order valence-corrected chi connectivity index (χ2v) is 17.8. The Morgan fingerprint density at radius 3 is 2.09 bits per heavy atom. The van der Waals surface area contributed by atoms with Gasteiger partial charge in [0.2, 0.25) is 29.5 Å². The maximum absolute atomic E-state index is 15.2. The summed E-state index contributed by atoms with van der Waals surface area (Å²) < 4.78 is 31.4. The number of halogens is 2. The van der Waals surface area contributed by atoms with E-state index in [0.29, 0.717) is 5.69 Å². The zero-order valence-electron chi connectivity index (χ0n) is 39.2. The number of nitrogens with two attached hydrogens (primary N) is 1. The molecule has 7 N–H and O–H groups in total. The van der Waals surface area contributed by atoms with E-state index in [1.54, 1.807) is 37.6 Å². The fourth-order valence-electron chi connectivity index (χ4n) is 7.61. The molecule has 0 saturated heterocycles. The van der Waals surface area contributed by atoms with Crippen LogP contribution in [0.2, 0.25) is 0 Å². The third kappa shape index (κ3) is 15.5. The molecule has 1 aromatic heterocycles. The molecule has 22 heteroatoms. The van der Waals surface area contributed by atoms with Gasteiger partial charge in [0.15, 0.2) is 5.78 Å². The number of imide groups is 1. The first-order valence-electron chi connectivity index (χ1n) is 22.2. The Morgan fingerprint density at radius 2 is 1.49 bits per heavy atom. The first kappa shape index (κ1) is 55.0. The number of carboxylic acid groups (broad SMARTS) is 1. The summed E-state index contributed by atoms with van der Waals surface area (Å²) in [4.78, 5) is 132. The normalized spacial score (nSPS) is 14.5. The van der Waals surface area contributed by atoms with Crippen molar-refractivity contribution in [3.63, 3.8) is 0 Å². The van der Waals surface area contributed by atoms with E-state index >= 15 is 4.39 Å². The van der Waals surface area contributed by atoms with Crippen molar-refractivity contribution in [2.24, 2.45) is 17.1 Å². The van der Waals surface area contributed by atoms with Crippen molar-refractivity contribution in [2.75, 3.05) is 13.2 Å². The fraction of sp³-hybridized carbons (Fsp3) is 0.417. The molecule has 1 aliphatic rings. The van der Waals surface area contributed by atoms with Gasteiger partial charge in [0, 0.05) is 73.4 Å². The molecule has 376 valence electrons. The maximum atomic E-state index is 15.2. The van der Waals surface area contributed by atoms with Gasteiger partial charge in [-0.25, -0.2) is 18.4 Å². The molecule has 0 aliphatic carbocycles. The van der Waals surface area contributed by atoms with Crippen LogP contribution < -0.4 is 21.7 Å². The number of rotatable bonds is 25. The molecule has 2 aromatic carbocycles. The van der Waals surface area contributed by atoms with Crippen LogP contribution in [-0.4, -0.2) is 115 Å². The van der Waals surface area contributed by atoms with E-state index in [1.165, 1.54) is 18.7 Å². The number of aliphatic hydroxyl groups is 1. The summed E-state index contributed by atoms with van der Waals surface area (Å²) in [5, 5.41) is 27.8. The highest BCUT2D eigenvalue weighted by molar-refractivity contribution is 6.12. The van der Waals surface area contributed by atoms with Crippen LogP contribution in [0.5, 0.6) is 0 Å². The van der Waals surface area contributed by atoms with E-state index in [1.807, 2.05) is 30.3 Å². The summed E-state index contributed by atoms with van der Waals surface area (Å²) >= 11 is 0. The number of primary amides is 1. The number of carboxylic acids is 1. The Labute approximate surface area is 401 Å². The molecule has 0 saturated carbocycles. The van der Waals surface area contributed by atoms with Gasteiger partial charge in [0.05, 0.1) is 18.5 Å². The average molecular weight is 978 g/mol. The summed E-state index contributed by atoms with van der Waals surface area (Å²) in [5.41, 5.74) is 5.97. The molecule has 7 amide bonds. The molecule has 2 heterocycles. The Bertz CT molecular complexity index is 2490. The van der Waals surface area contributed by atoms with Gasteiger partial charge in [0.1, 0.15) is 30.3 Å². The third-order valence-corrected chi connectivity index (χ3v) is 11.1. The van der Waals surface area contributed by atoms with Gasteiger partial charge < -0.3 is 46.2 Å². The van der Waals surface area contributed by atoms with Gasteiger partial charge in [0.25, 0.3) is 11.8 Å². The number of aromatic nitrogens is 1. The number of Topliss-reactive ketones (excluding diaryl/α,β-unsaturated/α-hetero) is 1. The third-order valence-electron chi connectivity index (χ3n) is 11.1. The molecule has 4 rings (SSSR count). The maximum Gasteiger partial charge on any atom is 0.333 e. The largest absolute Gasteiger partial charge is 0.480 e. The monoisotopic (exact) mass is 977 g/mol.